The second-order valence-electron chi connectivity index (χ2n) is 17.4. The molecule has 13 rings (SSSR count). The summed E-state index contributed by atoms with van der Waals surface area (Å²) in [5.74, 6) is 0. The molecule has 1 heteroatoms. The number of hydrogen-bond donors (Lipinski definition) is 0. The molecule has 12 aromatic rings. The van der Waals surface area contributed by atoms with Gasteiger partial charge in [0, 0.05) is 22.6 Å². The van der Waals surface area contributed by atoms with Crippen LogP contribution in [0.1, 0.15) is 22.3 Å². The number of rotatable bonds is 7. The van der Waals surface area contributed by atoms with Gasteiger partial charge in [-0.1, -0.05) is 200 Å². The van der Waals surface area contributed by atoms with Gasteiger partial charge in [-0.15, -0.1) is 0 Å². The molecule has 0 aromatic heterocycles. The second kappa shape index (κ2) is 15.2. The van der Waals surface area contributed by atoms with E-state index >= 15 is 0 Å². The third kappa shape index (κ3) is 5.83. The molecule has 0 heterocycles. The van der Waals surface area contributed by atoms with Crippen LogP contribution in [0.4, 0.5) is 17.1 Å². The highest BCUT2D eigenvalue weighted by Gasteiger charge is 2.46. The number of benzene rings is 11. The highest BCUT2D eigenvalue weighted by atomic mass is 15.1. The molecule has 0 saturated heterocycles. The van der Waals surface area contributed by atoms with Crippen LogP contribution < -0.4 is 4.90 Å². The van der Waals surface area contributed by atoms with Gasteiger partial charge in [-0.2, -0.15) is 0 Å². The molecule has 0 fully saturated rings. The minimum absolute atomic E-state index is 0.603. The Bertz CT molecular complexity index is 3590. The maximum absolute atomic E-state index is 3.65. The monoisotopic (exact) mass is 835 g/mol. The predicted molar refractivity (Wildman–Crippen MR) is 277 cm³/mol. The average Bonchev–Trinajstić information content (AvgIpc) is 3.69. The van der Waals surface area contributed by atoms with Gasteiger partial charge in [0.05, 0.1) is 5.41 Å². The fourth-order valence-electron chi connectivity index (χ4n) is 11.0. The lowest BCUT2D eigenvalue weighted by Crippen LogP contribution is -2.28. The normalized spacial score (nSPS) is 12.5. The maximum atomic E-state index is 3.65. The van der Waals surface area contributed by atoms with Crippen LogP contribution >= 0.6 is 0 Å². The first-order valence-electron chi connectivity index (χ1n) is 22.7. The van der Waals surface area contributed by atoms with E-state index in [1.54, 1.807) is 0 Å². The summed E-state index contributed by atoms with van der Waals surface area (Å²) in [6.45, 7) is 0. The highest BCUT2D eigenvalue weighted by molar-refractivity contribution is 6.15. The number of anilines is 3. The van der Waals surface area contributed by atoms with Gasteiger partial charge in [-0.3, -0.25) is 0 Å². The van der Waals surface area contributed by atoms with E-state index in [1.807, 2.05) is 6.07 Å². The molecule has 306 valence electrons. The van der Waals surface area contributed by atoms with E-state index in [9.17, 15) is 0 Å². The molecule has 0 saturated carbocycles. The summed E-state index contributed by atoms with van der Waals surface area (Å²) in [4.78, 5) is 2.42. The van der Waals surface area contributed by atoms with Gasteiger partial charge >= 0.3 is 0 Å². The van der Waals surface area contributed by atoms with Gasteiger partial charge in [0.2, 0.25) is 0 Å². The zero-order valence-electron chi connectivity index (χ0n) is 36.1. The molecule has 0 amide bonds. The molecular weight excluding hydrogens is 795 g/mol. The van der Waals surface area contributed by atoms with E-state index in [2.05, 4.69) is 260 Å². The van der Waals surface area contributed by atoms with Crippen LogP contribution in [0.25, 0.3) is 76.5 Å². The van der Waals surface area contributed by atoms with E-state index in [4.69, 9.17) is 0 Å². The molecule has 0 aliphatic heterocycles. The Kier molecular flexibility index (Phi) is 8.73. The van der Waals surface area contributed by atoms with Gasteiger partial charge in [0.15, 0.2) is 0 Å². The van der Waals surface area contributed by atoms with Crippen LogP contribution in [-0.4, -0.2) is 0 Å². The molecule has 0 N–H and O–H groups in total. The van der Waals surface area contributed by atoms with Gasteiger partial charge in [0.25, 0.3) is 0 Å². The van der Waals surface area contributed by atoms with Crippen molar-refractivity contribution in [2.45, 2.75) is 5.41 Å². The van der Waals surface area contributed by atoms with Crippen LogP contribution in [0.2, 0.25) is 0 Å². The van der Waals surface area contributed by atoms with Gasteiger partial charge in [-0.25, -0.2) is 0 Å². The van der Waals surface area contributed by atoms with E-state index in [-0.39, 0.29) is 0 Å². The summed E-state index contributed by atoms with van der Waals surface area (Å²) in [5.41, 5.74) is 14.6. The van der Waals surface area contributed by atoms with Crippen molar-refractivity contribution in [3.05, 3.63) is 283 Å². The van der Waals surface area contributed by atoms with E-state index in [1.165, 1.54) is 93.2 Å². The summed E-state index contributed by atoms with van der Waals surface area (Å²) in [7, 11) is 0. The maximum Gasteiger partial charge on any atom is 0.0793 e. The smallest absolute Gasteiger partial charge is 0.0793 e. The van der Waals surface area contributed by atoms with Crippen molar-refractivity contribution in [2.24, 2.45) is 0 Å². The van der Waals surface area contributed by atoms with Crippen molar-refractivity contribution < 1.29 is 0 Å². The third-order valence-corrected chi connectivity index (χ3v) is 14.0. The van der Waals surface area contributed by atoms with Crippen molar-refractivity contribution in [1.82, 2.24) is 0 Å². The Hall–Kier alpha value is -8.70. The van der Waals surface area contributed by atoms with Crippen LogP contribution in [0, 0.1) is 12.1 Å². The molecule has 1 aliphatic carbocycles. The first kappa shape index (κ1) is 37.8. The number of fused-ring (bicyclic) bond motifs is 9. The molecule has 66 heavy (non-hydrogen) atoms. The third-order valence-electron chi connectivity index (χ3n) is 14.0. The average molecular weight is 836 g/mol. The predicted octanol–water partition coefficient (Wildman–Crippen LogP) is 17.1. The molecule has 0 spiro atoms. The van der Waals surface area contributed by atoms with Crippen LogP contribution in [0.5, 0.6) is 0 Å². The Morgan fingerprint density at radius 1 is 0.318 bits per heavy atom. The van der Waals surface area contributed by atoms with E-state index in [0.717, 1.165) is 22.6 Å². The largest absolute Gasteiger partial charge is 0.310 e. The van der Waals surface area contributed by atoms with Crippen molar-refractivity contribution in [2.75, 3.05) is 4.90 Å². The first-order valence-corrected chi connectivity index (χ1v) is 22.7. The fraction of sp³-hybridized carbons (Fsp3) is 0.0154. The van der Waals surface area contributed by atoms with Crippen molar-refractivity contribution >= 4 is 60.2 Å². The Morgan fingerprint density at radius 3 is 1.27 bits per heavy atom. The van der Waals surface area contributed by atoms with Gasteiger partial charge in [0.1, 0.15) is 0 Å². The SMILES string of the molecule is c1ccc2c(c#1)C(c1ccccc1)(c1ccccc1)c1cc(N(c3ccc(-c4cc5ccccc5c5ccccc45)cc3)c3ccc(-c4cc5ccccc5c5ccccc45)cc3)ccc1-2. The summed E-state index contributed by atoms with van der Waals surface area (Å²) in [6.07, 6.45) is 0. The molecule has 1 aliphatic rings. The van der Waals surface area contributed by atoms with Crippen LogP contribution in [0.15, 0.2) is 249 Å². The minimum atomic E-state index is -0.603. The van der Waals surface area contributed by atoms with Crippen LogP contribution in [-0.2, 0) is 5.41 Å². The van der Waals surface area contributed by atoms with Crippen molar-refractivity contribution in [3.8, 4) is 33.4 Å². The first-order chi connectivity index (χ1) is 32.7. The highest BCUT2D eigenvalue weighted by Crippen LogP contribution is 2.57. The Balaban J connectivity index is 1.01. The van der Waals surface area contributed by atoms with Gasteiger partial charge in [-0.05, 0) is 154 Å². The van der Waals surface area contributed by atoms with Crippen molar-refractivity contribution in [3.63, 3.8) is 0 Å². The van der Waals surface area contributed by atoms with E-state index in [0.29, 0.717) is 0 Å². The zero-order valence-corrected chi connectivity index (χ0v) is 36.1. The molecule has 0 radical (unpaired) electrons. The number of hydrogen-bond acceptors (Lipinski definition) is 1. The molecule has 1 nitrogen and oxygen atoms in total. The summed E-state index contributed by atoms with van der Waals surface area (Å²) in [5, 5.41) is 10.1. The number of nitrogens with zero attached hydrogens (tertiary/aromatic N) is 1. The lowest BCUT2D eigenvalue weighted by Gasteiger charge is -2.34. The summed E-state index contributed by atoms with van der Waals surface area (Å²) < 4.78 is 0. The topological polar surface area (TPSA) is 3.24 Å². The van der Waals surface area contributed by atoms with Crippen LogP contribution in [0.3, 0.4) is 0 Å². The summed E-state index contributed by atoms with van der Waals surface area (Å²) >= 11 is 0. The fourth-order valence-corrected chi connectivity index (χ4v) is 11.0. The lowest BCUT2D eigenvalue weighted by molar-refractivity contribution is 0.769. The molecular formula is C65H41N. The summed E-state index contributed by atoms with van der Waals surface area (Å²) in [6, 6.07) is 98.1. The molecule has 0 atom stereocenters. The molecule has 0 unspecified atom stereocenters. The quantitative estimate of drug-likeness (QED) is 0.145. The van der Waals surface area contributed by atoms with Gasteiger partial charge < -0.3 is 4.90 Å². The Morgan fingerprint density at radius 2 is 0.758 bits per heavy atom. The van der Waals surface area contributed by atoms with E-state index < -0.39 is 5.41 Å². The second-order valence-corrected chi connectivity index (χ2v) is 17.4. The lowest BCUT2D eigenvalue weighted by atomic mass is 9.68. The minimum Gasteiger partial charge on any atom is -0.310 e. The Labute approximate surface area is 385 Å². The van der Waals surface area contributed by atoms with Crippen molar-refractivity contribution in [1.29, 1.82) is 0 Å². The molecule has 0 bridgehead atoms. The zero-order chi connectivity index (χ0) is 43.6. The standard InChI is InChI=1S/C65H41N/c1-3-19-48(20-4-1)65(49-21-5-2-6-22-49)63-30-16-15-29-59(63)60-40-39-52(43-64(60)65)66(50-35-31-44(32-36-50)61-41-46-17-7-9-23-53(46)55-25-11-13-27-57(55)61)51-37-33-45(34-38-51)62-42-47-18-8-10-24-54(47)56-26-12-14-28-58(56)62/h1-15,17-29,31-43H. The molecule has 12 aromatic carbocycles.